The van der Waals surface area contributed by atoms with Gasteiger partial charge in [-0.15, -0.1) is 5.10 Å². The van der Waals surface area contributed by atoms with Gasteiger partial charge in [0.1, 0.15) is 29.4 Å². The van der Waals surface area contributed by atoms with Gasteiger partial charge in [-0.2, -0.15) is 14.2 Å². The Balaban J connectivity index is 1.65. The van der Waals surface area contributed by atoms with Crippen LogP contribution >= 0.6 is 12.0 Å². The van der Waals surface area contributed by atoms with E-state index < -0.39 is 0 Å². The van der Waals surface area contributed by atoms with E-state index in [0.717, 1.165) is 16.9 Å². The number of benzene rings is 2. The number of fused-ring (bicyclic) bond motifs is 1. The van der Waals surface area contributed by atoms with E-state index in [1.54, 1.807) is 38.4 Å². The summed E-state index contributed by atoms with van der Waals surface area (Å²) in [5.41, 5.74) is 0.844. The van der Waals surface area contributed by atoms with Gasteiger partial charge in [0.15, 0.2) is 5.82 Å². The molecule has 166 valence electrons. The molecule has 0 aliphatic rings. The quantitative estimate of drug-likeness (QED) is 0.223. The average molecular weight is 456 g/mol. The molecule has 2 heterocycles. The highest BCUT2D eigenvalue weighted by atomic mass is 32.2. The van der Waals surface area contributed by atoms with Gasteiger partial charge in [-0.05, 0) is 42.5 Å². The average Bonchev–Trinajstić information content (AvgIpc) is 3.39. The monoisotopic (exact) mass is 456 g/mol. The predicted molar refractivity (Wildman–Crippen MR) is 116 cm³/mol. The molecule has 2 aromatic carbocycles. The second-order valence-corrected chi connectivity index (χ2v) is 7.37. The number of aryl methyl sites for hydroxylation is 1. The van der Waals surface area contributed by atoms with Crippen molar-refractivity contribution in [3.05, 3.63) is 60.0 Å². The van der Waals surface area contributed by atoms with Crippen molar-refractivity contribution in [3.63, 3.8) is 0 Å². The summed E-state index contributed by atoms with van der Waals surface area (Å²) in [6.45, 7) is 0.292. The molecule has 0 fully saturated rings. The summed E-state index contributed by atoms with van der Waals surface area (Å²) in [6, 6.07) is 12.4. The van der Waals surface area contributed by atoms with Crippen molar-refractivity contribution >= 4 is 34.7 Å². The SMILES string of the molecule is COCc1cc2c(Oc3ccc(SOOC)cc3)cc(C(=O)Nc3cnn(C)n3)cc2o1. The van der Waals surface area contributed by atoms with E-state index in [1.165, 1.54) is 18.1 Å². The third kappa shape index (κ3) is 5.08. The van der Waals surface area contributed by atoms with Crippen LogP contribution in [0.4, 0.5) is 5.82 Å². The van der Waals surface area contributed by atoms with Gasteiger partial charge < -0.3 is 19.2 Å². The van der Waals surface area contributed by atoms with E-state index in [4.69, 9.17) is 18.2 Å². The van der Waals surface area contributed by atoms with Crippen molar-refractivity contribution in [2.24, 2.45) is 7.05 Å². The number of aromatic nitrogens is 3. The normalized spacial score (nSPS) is 11.1. The molecule has 32 heavy (non-hydrogen) atoms. The third-order valence-electron chi connectivity index (χ3n) is 4.29. The second-order valence-electron chi connectivity index (χ2n) is 6.60. The van der Waals surface area contributed by atoms with Crippen LogP contribution in [0.3, 0.4) is 0 Å². The number of furan rings is 1. The molecule has 2 aromatic heterocycles. The summed E-state index contributed by atoms with van der Waals surface area (Å²) in [4.78, 5) is 19.6. The zero-order valence-electron chi connectivity index (χ0n) is 17.5. The van der Waals surface area contributed by atoms with Gasteiger partial charge in [0.05, 0.1) is 30.7 Å². The summed E-state index contributed by atoms with van der Waals surface area (Å²) in [5.74, 6) is 1.62. The lowest BCUT2D eigenvalue weighted by Gasteiger charge is -2.09. The fourth-order valence-electron chi connectivity index (χ4n) is 2.94. The highest BCUT2D eigenvalue weighted by Gasteiger charge is 2.17. The van der Waals surface area contributed by atoms with Gasteiger partial charge >= 0.3 is 0 Å². The van der Waals surface area contributed by atoms with Gasteiger partial charge in [0, 0.05) is 24.6 Å². The first kappa shape index (κ1) is 21.8. The van der Waals surface area contributed by atoms with Crippen molar-refractivity contribution in [2.45, 2.75) is 11.5 Å². The molecular weight excluding hydrogens is 436 g/mol. The van der Waals surface area contributed by atoms with Crippen LogP contribution in [0.5, 0.6) is 11.5 Å². The molecule has 0 radical (unpaired) electrons. The number of carbonyl (C=O) groups excluding carboxylic acids is 1. The van der Waals surface area contributed by atoms with Crippen LogP contribution in [-0.2, 0) is 27.6 Å². The molecule has 4 aromatic rings. The fourth-order valence-corrected chi connectivity index (χ4v) is 3.34. The molecule has 0 bridgehead atoms. The molecule has 0 saturated heterocycles. The van der Waals surface area contributed by atoms with Gasteiger partial charge in [-0.3, -0.25) is 4.79 Å². The van der Waals surface area contributed by atoms with Crippen molar-refractivity contribution in [1.29, 1.82) is 0 Å². The van der Waals surface area contributed by atoms with Crippen molar-refractivity contribution in [3.8, 4) is 11.5 Å². The first-order valence-electron chi connectivity index (χ1n) is 9.44. The highest BCUT2D eigenvalue weighted by Crippen LogP contribution is 2.35. The lowest BCUT2D eigenvalue weighted by molar-refractivity contribution is -0.160. The van der Waals surface area contributed by atoms with Crippen LogP contribution in [0, 0.1) is 0 Å². The summed E-state index contributed by atoms with van der Waals surface area (Å²) in [6.07, 6.45) is 1.46. The van der Waals surface area contributed by atoms with Crippen LogP contribution < -0.4 is 10.1 Å². The molecule has 11 heteroatoms. The Bertz CT molecular complexity index is 1220. The van der Waals surface area contributed by atoms with Gasteiger partial charge in [-0.25, -0.2) is 4.89 Å². The maximum atomic E-state index is 12.8. The Morgan fingerprint density at radius 3 is 2.69 bits per heavy atom. The number of ether oxygens (including phenoxy) is 2. The molecular formula is C21H20N4O6S. The first-order chi connectivity index (χ1) is 15.6. The van der Waals surface area contributed by atoms with Crippen LogP contribution in [0.2, 0.25) is 0 Å². The number of nitrogens with zero attached hydrogens (tertiary/aromatic N) is 3. The highest BCUT2D eigenvalue weighted by molar-refractivity contribution is 7.94. The second kappa shape index (κ2) is 9.83. The van der Waals surface area contributed by atoms with Crippen LogP contribution in [-0.4, -0.2) is 35.1 Å². The van der Waals surface area contributed by atoms with E-state index in [1.807, 2.05) is 18.2 Å². The predicted octanol–water partition coefficient (Wildman–Crippen LogP) is 4.34. The zero-order chi connectivity index (χ0) is 22.5. The Morgan fingerprint density at radius 2 is 2.00 bits per heavy atom. The van der Waals surface area contributed by atoms with Crippen molar-refractivity contribution in [1.82, 2.24) is 15.0 Å². The lowest BCUT2D eigenvalue weighted by Crippen LogP contribution is -2.12. The number of methoxy groups -OCH3 is 1. The van der Waals surface area contributed by atoms with Crippen molar-refractivity contribution < 1.29 is 27.9 Å². The number of hydrogen-bond acceptors (Lipinski definition) is 9. The minimum Gasteiger partial charge on any atom is -0.458 e. The first-order valence-corrected chi connectivity index (χ1v) is 10.2. The van der Waals surface area contributed by atoms with Gasteiger partial charge in [0.2, 0.25) is 0 Å². The van der Waals surface area contributed by atoms with E-state index >= 15 is 0 Å². The standard InChI is InChI=1S/C21H20N4O6S/c1-25-22-11-20(24-25)23-21(26)13-8-18(17-10-15(12-27-2)30-19(17)9-13)29-14-4-6-16(7-5-14)32-31-28-3/h4-11H,12H2,1-3H3,(H,23,24,26). The molecule has 1 N–H and O–H groups in total. The molecule has 0 atom stereocenters. The Hall–Kier alpha value is -3.38. The van der Waals surface area contributed by atoms with Gasteiger partial charge in [-0.1, -0.05) is 0 Å². The summed E-state index contributed by atoms with van der Waals surface area (Å²) in [7, 11) is 4.68. The van der Waals surface area contributed by atoms with Crippen molar-refractivity contribution in [2.75, 3.05) is 19.5 Å². The number of rotatable bonds is 9. The minimum atomic E-state index is -0.370. The van der Waals surface area contributed by atoms with E-state index in [-0.39, 0.29) is 5.91 Å². The molecule has 0 aliphatic heterocycles. The molecule has 10 nitrogen and oxygen atoms in total. The number of carbonyl (C=O) groups is 1. The topological polar surface area (TPSA) is 110 Å². The molecule has 0 aliphatic carbocycles. The third-order valence-corrected chi connectivity index (χ3v) is 4.96. The lowest BCUT2D eigenvalue weighted by atomic mass is 10.1. The summed E-state index contributed by atoms with van der Waals surface area (Å²) in [5, 5.41) is 11.4. The maximum Gasteiger partial charge on any atom is 0.257 e. The summed E-state index contributed by atoms with van der Waals surface area (Å²) < 4.78 is 22.0. The smallest absolute Gasteiger partial charge is 0.257 e. The zero-order valence-corrected chi connectivity index (χ0v) is 18.3. The van der Waals surface area contributed by atoms with E-state index in [2.05, 4.69) is 20.4 Å². The van der Waals surface area contributed by atoms with Gasteiger partial charge in [0.25, 0.3) is 5.91 Å². The maximum absolute atomic E-state index is 12.8. The number of amides is 1. The molecule has 0 saturated carbocycles. The van der Waals surface area contributed by atoms with Crippen LogP contribution in [0.25, 0.3) is 11.0 Å². The van der Waals surface area contributed by atoms with Crippen LogP contribution in [0.1, 0.15) is 16.1 Å². The number of hydrogen-bond donors (Lipinski definition) is 1. The molecule has 1 amide bonds. The Kier molecular flexibility index (Phi) is 6.71. The summed E-state index contributed by atoms with van der Waals surface area (Å²) >= 11 is 1.08. The Labute approximate surface area is 187 Å². The van der Waals surface area contributed by atoms with E-state index in [0.29, 0.717) is 46.2 Å². The largest absolute Gasteiger partial charge is 0.458 e. The minimum absolute atomic E-state index is 0.292. The molecule has 0 spiro atoms. The Morgan fingerprint density at radius 1 is 1.19 bits per heavy atom. The molecule has 4 rings (SSSR count). The number of nitrogens with one attached hydrogen (secondary N) is 1. The number of anilines is 1. The molecule has 0 unspecified atom stereocenters. The fraction of sp³-hybridized carbons (Fsp3) is 0.190. The van der Waals surface area contributed by atoms with E-state index in [9.17, 15) is 4.79 Å². The van der Waals surface area contributed by atoms with Crippen LogP contribution in [0.15, 0.2) is 58.0 Å².